The summed E-state index contributed by atoms with van der Waals surface area (Å²) < 4.78 is 35.9. The third-order valence-corrected chi connectivity index (χ3v) is 15.2. The van der Waals surface area contributed by atoms with Gasteiger partial charge in [0.25, 0.3) is 11.8 Å². The molecule has 5 aliphatic rings. The van der Waals surface area contributed by atoms with Crippen LogP contribution in [0, 0.1) is 13.8 Å². The van der Waals surface area contributed by atoms with Crippen LogP contribution < -0.4 is 24.7 Å². The van der Waals surface area contributed by atoms with Crippen LogP contribution in [-0.2, 0) is 28.4 Å². The summed E-state index contributed by atoms with van der Waals surface area (Å²) in [6.45, 7) is 31.7. The first-order valence-corrected chi connectivity index (χ1v) is 28.4. The molecule has 0 aromatic heterocycles. The number of nitrogens with zero attached hydrogens (tertiary/aromatic N) is 6. The minimum absolute atomic E-state index is 0.0950. The van der Waals surface area contributed by atoms with Crippen molar-refractivity contribution in [2.45, 2.75) is 130 Å². The monoisotopic (exact) mass is 864 g/mol. The van der Waals surface area contributed by atoms with Crippen molar-refractivity contribution >= 4 is 63.6 Å². The van der Waals surface area contributed by atoms with Crippen molar-refractivity contribution in [3.63, 3.8) is 0 Å². The molecule has 60 heavy (non-hydrogen) atoms. The highest BCUT2D eigenvalue weighted by Crippen LogP contribution is 2.41. The molecule has 2 aromatic carbocycles. The zero-order valence-corrected chi connectivity index (χ0v) is 40.1. The number of rotatable bonds is 11. The molecule has 0 spiro atoms. The van der Waals surface area contributed by atoms with E-state index in [0.717, 1.165) is 40.1 Å². The predicted octanol–water partition coefficient (Wildman–Crippen LogP) is 6.11. The summed E-state index contributed by atoms with van der Waals surface area (Å²) in [5.41, 5.74) is 3.28. The zero-order chi connectivity index (χ0) is 44.1. The number of aromatic hydroxyl groups is 1. The molecule has 0 saturated carbocycles. The number of fused-ring (bicyclic) bond motifs is 6. The first-order valence-electron chi connectivity index (χ1n) is 21.0. The van der Waals surface area contributed by atoms with E-state index in [1.807, 2.05) is 77.3 Å². The number of phenolic OH excluding ortho intramolecular Hbond substituents is 1. The number of hydrogen-bond acceptors (Lipinski definition) is 13. The van der Waals surface area contributed by atoms with Crippen LogP contribution in [0.15, 0.2) is 34.5 Å². The second kappa shape index (κ2) is 17.1. The van der Waals surface area contributed by atoms with Crippen LogP contribution in [0.2, 0.25) is 51.4 Å². The van der Waals surface area contributed by atoms with Gasteiger partial charge in [0.15, 0.2) is 11.7 Å². The largest absolute Gasteiger partial charge is 0.508 e. The highest BCUT2D eigenvalue weighted by molar-refractivity contribution is 6.76. The lowest BCUT2D eigenvalue weighted by Gasteiger charge is -2.41. The van der Waals surface area contributed by atoms with Crippen molar-refractivity contribution in [2.75, 3.05) is 49.7 Å². The van der Waals surface area contributed by atoms with Crippen molar-refractivity contribution in [3.8, 4) is 17.2 Å². The minimum atomic E-state index is -1.19. The molecule has 18 heteroatoms. The second-order valence-corrected chi connectivity index (χ2v) is 31.0. The average Bonchev–Trinajstić information content (AvgIpc) is 3.37. The van der Waals surface area contributed by atoms with Gasteiger partial charge in [0.1, 0.15) is 56.0 Å². The number of amides is 2. The fourth-order valence-electron chi connectivity index (χ4n) is 7.17. The van der Waals surface area contributed by atoms with Gasteiger partial charge in [-0.3, -0.25) is 9.59 Å². The SMILES string of the molecule is Cc1cc2c(cc1B1OC(C)(C)C(C)(C)O1)N1C(=NN(COCC[Si](C)(C)C)C(=O)C1C)CO2.Cc1cc2c(cc1O)N1C(=NN(COCC[Si](C)(C)C)C(=O)C1C)CO2. The Bertz CT molecular complexity index is 2020. The Kier molecular flexibility index (Phi) is 13.0. The van der Waals surface area contributed by atoms with E-state index in [9.17, 15) is 14.7 Å². The Morgan fingerprint density at radius 1 is 0.717 bits per heavy atom. The van der Waals surface area contributed by atoms with Crippen molar-refractivity contribution in [3.05, 3.63) is 35.4 Å². The van der Waals surface area contributed by atoms with Crippen LogP contribution in [0.1, 0.15) is 52.7 Å². The van der Waals surface area contributed by atoms with E-state index in [1.165, 1.54) is 10.0 Å². The molecule has 1 fully saturated rings. The molecule has 2 amide bonds. The van der Waals surface area contributed by atoms with Crippen molar-refractivity contribution < 1.29 is 43.0 Å². The standard InChI is InChI=1S/C24H38BN3O5Si.C18H27N3O4Si/c1-16-12-20-19(13-18(16)25-32-23(3,4)24(5,6)33-25)28-17(2)22(29)27(26-21(28)14-31-20)15-30-10-11-34(7,8)9;1-12-8-16-14(9-15(12)22)21-13(2)18(23)20(19-17(21)10-25-16)11-24-6-7-26(3,4)5/h12-13,17H,10-11,14-15H2,1-9H3;8-9,13,22H,6-7,10-11H2,1-5H3. The Balaban J connectivity index is 0.000000209. The Morgan fingerprint density at radius 3 is 1.57 bits per heavy atom. The fraction of sp³-hybridized carbons (Fsp3) is 0.619. The molecule has 15 nitrogen and oxygen atoms in total. The van der Waals surface area contributed by atoms with E-state index in [1.54, 1.807) is 12.1 Å². The lowest BCUT2D eigenvalue weighted by Crippen LogP contribution is -2.57. The third-order valence-electron chi connectivity index (χ3n) is 11.8. The molecule has 2 atom stereocenters. The van der Waals surface area contributed by atoms with Gasteiger partial charge in [-0.05, 0) is 102 Å². The van der Waals surface area contributed by atoms with Crippen LogP contribution in [0.25, 0.3) is 0 Å². The van der Waals surface area contributed by atoms with Crippen LogP contribution >= 0.6 is 0 Å². The predicted molar refractivity (Wildman–Crippen MR) is 241 cm³/mol. The molecule has 0 bridgehead atoms. The maximum absolute atomic E-state index is 13.2. The molecular formula is C42H65BN6O9Si2. The highest BCUT2D eigenvalue weighted by atomic mass is 28.3. The molecule has 5 heterocycles. The van der Waals surface area contributed by atoms with Gasteiger partial charge >= 0.3 is 7.12 Å². The molecule has 7 rings (SSSR count). The van der Waals surface area contributed by atoms with E-state index in [2.05, 4.69) is 49.5 Å². The lowest BCUT2D eigenvalue weighted by molar-refractivity contribution is -0.139. The van der Waals surface area contributed by atoms with Gasteiger partial charge in [-0.15, -0.1) is 0 Å². The second-order valence-electron chi connectivity index (χ2n) is 19.7. The summed E-state index contributed by atoms with van der Waals surface area (Å²) in [6, 6.07) is 8.65. The maximum Gasteiger partial charge on any atom is 0.495 e. The highest BCUT2D eigenvalue weighted by Gasteiger charge is 2.52. The van der Waals surface area contributed by atoms with Gasteiger partial charge in [-0.25, -0.2) is 10.0 Å². The topological polar surface area (TPSA) is 147 Å². The number of benzene rings is 2. The number of carbonyl (C=O) groups excluding carboxylic acids is 2. The number of amidine groups is 2. The van der Waals surface area contributed by atoms with Gasteiger partial charge in [0, 0.05) is 35.4 Å². The first-order chi connectivity index (χ1) is 27.9. The first kappa shape index (κ1) is 45.6. The molecule has 0 aliphatic carbocycles. The molecule has 2 unspecified atom stereocenters. The van der Waals surface area contributed by atoms with E-state index >= 15 is 0 Å². The van der Waals surface area contributed by atoms with E-state index in [0.29, 0.717) is 42.9 Å². The van der Waals surface area contributed by atoms with Crippen LogP contribution in [0.5, 0.6) is 17.2 Å². The average molecular weight is 865 g/mol. The lowest BCUT2D eigenvalue weighted by atomic mass is 9.75. The fourth-order valence-corrected chi connectivity index (χ4v) is 8.68. The summed E-state index contributed by atoms with van der Waals surface area (Å²) in [4.78, 5) is 29.7. The Hall–Kier alpha value is -3.94. The van der Waals surface area contributed by atoms with Crippen molar-refractivity contribution in [2.24, 2.45) is 10.2 Å². The van der Waals surface area contributed by atoms with Gasteiger partial charge in [0.05, 0.1) is 22.6 Å². The van der Waals surface area contributed by atoms with Crippen LogP contribution in [-0.4, -0.2) is 125 Å². The van der Waals surface area contributed by atoms with Gasteiger partial charge < -0.3 is 43.2 Å². The molecule has 1 N–H and O–H groups in total. The molecule has 5 aliphatic heterocycles. The van der Waals surface area contributed by atoms with Gasteiger partial charge in [-0.2, -0.15) is 10.2 Å². The minimum Gasteiger partial charge on any atom is -0.508 e. The molecule has 1 saturated heterocycles. The summed E-state index contributed by atoms with van der Waals surface area (Å²) in [5.74, 6) is 2.66. The molecular weight excluding hydrogens is 799 g/mol. The summed E-state index contributed by atoms with van der Waals surface area (Å²) in [6.07, 6.45) is 0. The number of hydrogen-bond donors (Lipinski definition) is 1. The van der Waals surface area contributed by atoms with Crippen molar-refractivity contribution in [1.82, 2.24) is 10.0 Å². The summed E-state index contributed by atoms with van der Waals surface area (Å²) in [7, 11) is -2.86. The Morgan fingerprint density at radius 2 is 1.13 bits per heavy atom. The maximum atomic E-state index is 13.2. The smallest absolute Gasteiger partial charge is 0.495 e. The Labute approximate surface area is 358 Å². The summed E-state index contributed by atoms with van der Waals surface area (Å²) in [5, 5.41) is 21.9. The number of anilines is 2. The number of hydrazone groups is 2. The van der Waals surface area contributed by atoms with E-state index < -0.39 is 46.6 Å². The normalized spacial score (nSPS) is 21.8. The van der Waals surface area contributed by atoms with Gasteiger partial charge in [0.2, 0.25) is 0 Å². The van der Waals surface area contributed by atoms with E-state index in [-0.39, 0.29) is 37.6 Å². The number of carbonyl (C=O) groups is 2. The molecule has 328 valence electrons. The van der Waals surface area contributed by atoms with E-state index in [4.69, 9.17) is 28.3 Å². The van der Waals surface area contributed by atoms with Crippen LogP contribution in [0.4, 0.5) is 11.4 Å². The molecule has 2 aromatic rings. The third kappa shape index (κ3) is 9.73. The van der Waals surface area contributed by atoms with Crippen LogP contribution in [0.3, 0.4) is 0 Å². The summed E-state index contributed by atoms with van der Waals surface area (Å²) >= 11 is 0. The zero-order valence-electron chi connectivity index (χ0n) is 38.1. The number of ether oxygens (including phenoxy) is 4. The quantitative estimate of drug-likeness (QED) is 0.206. The molecule has 0 radical (unpaired) electrons. The number of phenols is 1. The van der Waals surface area contributed by atoms with Gasteiger partial charge in [-0.1, -0.05) is 39.3 Å². The number of aryl methyl sites for hydroxylation is 2. The van der Waals surface area contributed by atoms with Crippen molar-refractivity contribution in [1.29, 1.82) is 0 Å².